The molecule has 2 heterocycles. The molecule has 2 aromatic carbocycles. The maximum atomic E-state index is 5.98. The van der Waals surface area contributed by atoms with Crippen molar-refractivity contribution in [3.05, 3.63) is 54.2 Å². The van der Waals surface area contributed by atoms with E-state index >= 15 is 0 Å². The van der Waals surface area contributed by atoms with Gasteiger partial charge in [0, 0.05) is 6.61 Å². The van der Waals surface area contributed by atoms with Gasteiger partial charge in [0.25, 0.3) is 5.89 Å². The van der Waals surface area contributed by atoms with Gasteiger partial charge >= 0.3 is 0 Å². The highest BCUT2D eigenvalue weighted by Gasteiger charge is 2.24. The maximum absolute atomic E-state index is 5.98. The highest BCUT2D eigenvalue weighted by molar-refractivity contribution is 5.83. The van der Waals surface area contributed by atoms with Crippen LogP contribution < -0.4 is 4.74 Å². The van der Waals surface area contributed by atoms with E-state index in [9.17, 15) is 0 Å². The minimum atomic E-state index is -0.295. The molecule has 1 aliphatic heterocycles. The quantitative estimate of drug-likeness (QED) is 0.718. The molecule has 0 bridgehead atoms. The lowest BCUT2D eigenvalue weighted by Crippen LogP contribution is -2.15. The van der Waals surface area contributed by atoms with Crippen LogP contribution in [0.5, 0.6) is 5.75 Å². The molecule has 0 aliphatic carbocycles. The molecule has 1 fully saturated rings. The second-order valence-electron chi connectivity index (χ2n) is 6.16. The fraction of sp³-hybridized carbons (Fsp3) is 0.368. The molecule has 0 radical (unpaired) electrons. The molecule has 0 spiro atoms. The van der Waals surface area contributed by atoms with E-state index in [4.69, 9.17) is 13.9 Å². The minimum Gasteiger partial charge on any atom is -0.481 e. The summed E-state index contributed by atoms with van der Waals surface area (Å²) in [6.45, 7) is 3.39. The first kappa shape index (κ1) is 15.1. The summed E-state index contributed by atoms with van der Waals surface area (Å²) in [6.07, 6.45) is 1.77. The van der Waals surface area contributed by atoms with E-state index in [1.807, 2.05) is 31.2 Å². The number of aromatic nitrogens is 2. The summed E-state index contributed by atoms with van der Waals surface area (Å²) in [5.41, 5.74) is 0. The molecular weight excluding hydrogens is 304 g/mol. The monoisotopic (exact) mass is 324 g/mol. The van der Waals surface area contributed by atoms with E-state index in [0.717, 1.165) is 30.6 Å². The van der Waals surface area contributed by atoms with Gasteiger partial charge in [0.15, 0.2) is 6.10 Å². The van der Waals surface area contributed by atoms with Crippen molar-refractivity contribution in [3.8, 4) is 5.75 Å². The summed E-state index contributed by atoms with van der Waals surface area (Å²) in [5.74, 6) is 2.15. The molecule has 5 nitrogen and oxygen atoms in total. The van der Waals surface area contributed by atoms with E-state index in [1.165, 1.54) is 5.39 Å². The Hall–Kier alpha value is -2.40. The number of hydrogen-bond acceptors (Lipinski definition) is 5. The Morgan fingerprint density at radius 2 is 2.00 bits per heavy atom. The van der Waals surface area contributed by atoms with Crippen LogP contribution in [0.2, 0.25) is 0 Å². The second kappa shape index (κ2) is 6.61. The zero-order chi connectivity index (χ0) is 16.4. The number of benzene rings is 2. The van der Waals surface area contributed by atoms with Gasteiger partial charge < -0.3 is 13.9 Å². The van der Waals surface area contributed by atoms with Crippen molar-refractivity contribution in [1.29, 1.82) is 0 Å². The SMILES string of the molecule is CC(Oc1ccc2ccccc2c1)c1nnc(C2CCCOC2)o1. The van der Waals surface area contributed by atoms with E-state index < -0.39 is 0 Å². The van der Waals surface area contributed by atoms with Crippen LogP contribution in [-0.4, -0.2) is 23.4 Å². The summed E-state index contributed by atoms with van der Waals surface area (Å²) in [7, 11) is 0. The summed E-state index contributed by atoms with van der Waals surface area (Å²) in [5, 5.41) is 10.7. The minimum absolute atomic E-state index is 0.202. The fourth-order valence-electron chi connectivity index (χ4n) is 3.01. The number of nitrogens with zero attached hydrogens (tertiary/aromatic N) is 2. The Morgan fingerprint density at radius 1 is 1.12 bits per heavy atom. The molecule has 1 saturated heterocycles. The third kappa shape index (κ3) is 3.12. The van der Waals surface area contributed by atoms with Crippen LogP contribution in [0.25, 0.3) is 10.8 Å². The predicted octanol–water partition coefficient (Wildman–Crippen LogP) is 4.26. The highest BCUT2D eigenvalue weighted by atomic mass is 16.5. The van der Waals surface area contributed by atoms with Gasteiger partial charge in [-0.25, -0.2) is 0 Å². The van der Waals surface area contributed by atoms with Gasteiger partial charge in [-0.3, -0.25) is 0 Å². The molecule has 24 heavy (non-hydrogen) atoms. The average Bonchev–Trinajstić information content (AvgIpc) is 3.13. The smallest absolute Gasteiger partial charge is 0.256 e. The number of ether oxygens (including phenoxy) is 2. The lowest BCUT2D eigenvalue weighted by Gasteiger charge is -2.18. The Kier molecular flexibility index (Phi) is 4.17. The molecule has 2 unspecified atom stereocenters. The largest absolute Gasteiger partial charge is 0.481 e. The zero-order valence-corrected chi connectivity index (χ0v) is 13.6. The molecule has 0 N–H and O–H groups in total. The summed E-state index contributed by atoms with van der Waals surface area (Å²) in [6, 6.07) is 14.2. The lowest BCUT2D eigenvalue weighted by molar-refractivity contribution is 0.0710. The normalized spacial score (nSPS) is 19.3. The second-order valence-corrected chi connectivity index (χ2v) is 6.16. The maximum Gasteiger partial charge on any atom is 0.256 e. The Morgan fingerprint density at radius 3 is 2.83 bits per heavy atom. The van der Waals surface area contributed by atoms with Crippen molar-refractivity contribution >= 4 is 10.8 Å². The van der Waals surface area contributed by atoms with Gasteiger partial charge in [-0.2, -0.15) is 0 Å². The summed E-state index contributed by atoms with van der Waals surface area (Å²) in [4.78, 5) is 0. The summed E-state index contributed by atoms with van der Waals surface area (Å²) >= 11 is 0. The molecular formula is C19H20N2O3. The van der Waals surface area contributed by atoms with Crippen molar-refractivity contribution in [2.75, 3.05) is 13.2 Å². The third-order valence-corrected chi connectivity index (χ3v) is 4.35. The lowest BCUT2D eigenvalue weighted by atomic mass is 10.0. The Bertz CT molecular complexity index is 824. The first-order valence-electron chi connectivity index (χ1n) is 8.36. The average molecular weight is 324 g/mol. The summed E-state index contributed by atoms with van der Waals surface area (Å²) < 4.78 is 17.3. The van der Waals surface area contributed by atoms with Crippen molar-refractivity contribution in [2.24, 2.45) is 0 Å². The molecule has 124 valence electrons. The first-order chi connectivity index (χ1) is 11.8. The van der Waals surface area contributed by atoms with E-state index in [2.05, 4.69) is 28.4 Å². The van der Waals surface area contributed by atoms with Crippen LogP contribution in [0.3, 0.4) is 0 Å². The van der Waals surface area contributed by atoms with E-state index in [1.54, 1.807) is 0 Å². The number of fused-ring (bicyclic) bond motifs is 1. The number of hydrogen-bond donors (Lipinski definition) is 0. The van der Waals surface area contributed by atoms with E-state index in [0.29, 0.717) is 18.4 Å². The molecule has 1 aliphatic rings. The van der Waals surface area contributed by atoms with Crippen LogP contribution in [0.15, 0.2) is 46.9 Å². The molecule has 0 amide bonds. The fourth-order valence-corrected chi connectivity index (χ4v) is 3.01. The predicted molar refractivity (Wildman–Crippen MR) is 90.1 cm³/mol. The van der Waals surface area contributed by atoms with Gasteiger partial charge in [0.2, 0.25) is 5.89 Å². The van der Waals surface area contributed by atoms with Crippen LogP contribution in [0, 0.1) is 0 Å². The van der Waals surface area contributed by atoms with Gasteiger partial charge in [-0.05, 0) is 42.7 Å². The van der Waals surface area contributed by atoms with Crippen LogP contribution in [0.1, 0.15) is 43.6 Å². The van der Waals surface area contributed by atoms with Gasteiger partial charge in [0.1, 0.15) is 5.75 Å². The third-order valence-electron chi connectivity index (χ3n) is 4.35. The van der Waals surface area contributed by atoms with E-state index in [-0.39, 0.29) is 12.0 Å². The van der Waals surface area contributed by atoms with Gasteiger partial charge in [-0.15, -0.1) is 10.2 Å². The topological polar surface area (TPSA) is 57.4 Å². The van der Waals surface area contributed by atoms with Crippen LogP contribution >= 0.6 is 0 Å². The highest BCUT2D eigenvalue weighted by Crippen LogP contribution is 2.28. The molecule has 5 heteroatoms. The molecule has 1 aromatic heterocycles. The number of rotatable bonds is 4. The first-order valence-corrected chi connectivity index (χ1v) is 8.36. The molecule has 3 aromatic rings. The van der Waals surface area contributed by atoms with Crippen LogP contribution in [0.4, 0.5) is 0 Å². The standard InChI is InChI=1S/C19H20N2O3/c1-13(18-20-21-19(24-18)16-7-4-10-22-12-16)23-17-9-8-14-5-2-3-6-15(14)11-17/h2-3,5-6,8-9,11,13,16H,4,7,10,12H2,1H3. The van der Waals surface area contributed by atoms with Crippen LogP contribution in [-0.2, 0) is 4.74 Å². The van der Waals surface area contributed by atoms with Crippen molar-refractivity contribution in [3.63, 3.8) is 0 Å². The van der Waals surface area contributed by atoms with Crippen molar-refractivity contribution in [1.82, 2.24) is 10.2 Å². The molecule has 0 saturated carbocycles. The zero-order valence-electron chi connectivity index (χ0n) is 13.6. The van der Waals surface area contributed by atoms with Gasteiger partial charge in [0.05, 0.1) is 12.5 Å². The van der Waals surface area contributed by atoms with Gasteiger partial charge in [-0.1, -0.05) is 30.3 Å². The Balaban J connectivity index is 1.48. The Labute approximate surface area is 140 Å². The van der Waals surface area contributed by atoms with Crippen molar-refractivity contribution in [2.45, 2.75) is 31.8 Å². The molecule has 2 atom stereocenters. The molecule has 4 rings (SSSR count). The van der Waals surface area contributed by atoms with Crippen molar-refractivity contribution < 1.29 is 13.9 Å².